The lowest BCUT2D eigenvalue weighted by Crippen LogP contribution is -2.39. The molecular formula is C17H29ClN4OS. The molecule has 0 atom stereocenters. The van der Waals surface area contributed by atoms with Crippen molar-refractivity contribution in [2.75, 3.05) is 59.7 Å². The van der Waals surface area contributed by atoms with Gasteiger partial charge in [-0.15, -0.1) is 11.8 Å². The van der Waals surface area contributed by atoms with Gasteiger partial charge in [-0.05, 0) is 44.3 Å². The van der Waals surface area contributed by atoms with Gasteiger partial charge in [-0.25, -0.2) is 0 Å². The van der Waals surface area contributed by atoms with Gasteiger partial charge in [-0.2, -0.15) is 0 Å². The second kappa shape index (κ2) is 13.4. The quantitative estimate of drug-likeness (QED) is 0.270. The Bertz CT molecular complexity index is 470. The van der Waals surface area contributed by atoms with Crippen LogP contribution < -0.4 is 10.6 Å². The number of ether oxygens (including phenoxy) is 1. The first-order chi connectivity index (χ1) is 11.7. The van der Waals surface area contributed by atoms with E-state index in [-0.39, 0.29) is 0 Å². The number of hydrogen-bond donors (Lipinski definition) is 2. The van der Waals surface area contributed by atoms with Crippen LogP contribution in [0.4, 0.5) is 0 Å². The number of rotatable bonds is 11. The Kier molecular flexibility index (Phi) is 11.7. The minimum absolute atomic E-state index is 0.773. The van der Waals surface area contributed by atoms with Gasteiger partial charge in [-0.3, -0.25) is 4.99 Å². The molecule has 24 heavy (non-hydrogen) atoms. The van der Waals surface area contributed by atoms with Crippen LogP contribution in [0.15, 0.2) is 34.2 Å². The van der Waals surface area contributed by atoms with Crippen molar-refractivity contribution in [1.82, 2.24) is 15.5 Å². The summed E-state index contributed by atoms with van der Waals surface area (Å²) in [7, 11) is 5.64. The van der Waals surface area contributed by atoms with Gasteiger partial charge < -0.3 is 20.3 Å². The number of benzene rings is 1. The monoisotopic (exact) mass is 372 g/mol. The van der Waals surface area contributed by atoms with Gasteiger partial charge in [-0.1, -0.05) is 11.6 Å². The van der Waals surface area contributed by atoms with Crippen molar-refractivity contribution in [3.8, 4) is 0 Å². The number of nitrogens with one attached hydrogen (secondary N) is 2. The van der Waals surface area contributed by atoms with Gasteiger partial charge in [0.2, 0.25) is 0 Å². The van der Waals surface area contributed by atoms with Gasteiger partial charge in [0.1, 0.15) is 0 Å². The standard InChI is InChI=1S/C17H29ClN4OS/c1-19-17(20-9-4-11-22(2)12-13-23-3)21-10-14-24-16-7-5-15(18)6-8-16/h5-8H,4,9-14H2,1-3H3,(H2,19,20,21). The van der Waals surface area contributed by atoms with E-state index in [1.807, 2.05) is 24.3 Å². The van der Waals surface area contributed by atoms with Crippen LogP contribution in [0.2, 0.25) is 5.02 Å². The zero-order valence-corrected chi connectivity index (χ0v) is 16.4. The molecule has 0 aromatic heterocycles. The number of nitrogens with zero attached hydrogens (tertiary/aromatic N) is 2. The maximum absolute atomic E-state index is 5.88. The van der Waals surface area contributed by atoms with E-state index in [4.69, 9.17) is 16.3 Å². The van der Waals surface area contributed by atoms with E-state index in [2.05, 4.69) is 27.6 Å². The van der Waals surface area contributed by atoms with Crippen LogP contribution in [-0.4, -0.2) is 70.6 Å². The summed E-state index contributed by atoms with van der Waals surface area (Å²) in [5, 5.41) is 7.45. The summed E-state index contributed by atoms with van der Waals surface area (Å²) < 4.78 is 5.07. The lowest BCUT2D eigenvalue weighted by molar-refractivity contribution is 0.161. The Labute approximate surface area is 155 Å². The maximum Gasteiger partial charge on any atom is 0.191 e. The van der Waals surface area contributed by atoms with E-state index < -0.39 is 0 Å². The summed E-state index contributed by atoms with van der Waals surface area (Å²) in [5.41, 5.74) is 0. The van der Waals surface area contributed by atoms with Crippen molar-refractivity contribution in [3.05, 3.63) is 29.3 Å². The zero-order chi connectivity index (χ0) is 17.6. The molecule has 0 amide bonds. The summed E-state index contributed by atoms with van der Waals surface area (Å²) in [4.78, 5) is 7.74. The highest BCUT2D eigenvalue weighted by Gasteiger charge is 2.00. The van der Waals surface area contributed by atoms with Gasteiger partial charge in [0, 0.05) is 49.5 Å². The van der Waals surface area contributed by atoms with Crippen molar-refractivity contribution in [1.29, 1.82) is 0 Å². The summed E-state index contributed by atoms with van der Waals surface area (Å²) in [5.74, 6) is 1.83. The molecule has 5 nitrogen and oxygen atoms in total. The molecule has 0 radical (unpaired) electrons. The van der Waals surface area contributed by atoms with Crippen molar-refractivity contribution in [2.24, 2.45) is 4.99 Å². The highest BCUT2D eigenvalue weighted by molar-refractivity contribution is 7.99. The van der Waals surface area contributed by atoms with Crippen LogP contribution >= 0.6 is 23.4 Å². The Hall–Kier alpha value is -0.950. The lowest BCUT2D eigenvalue weighted by atomic mass is 10.4. The lowest BCUT2D eigenvalue weighted by Gasteiger charge is -2.17. The molecule has 0 saturated heterocycles. The molecule has 1 aromatic rings. The SMILES string of the molecule is CN=C(NCCCN(C)CCOC)NCCSc1ccc(Cl)cc1. The van der Waals surface area contributed by atoms with E-state index in [1.165, 1.54) is 4.90 Å². The number of hydrogen-bond acceptors (Lipinski definition) is 4. The van der Waals surface area contributed by atoms with E-state index >= 15 is 0 Å². The average molecular weight is 373 g/mol. The third-order valence-electron chi connectivity index (χ3n) is 3.39. The Morgan fingerprint density at radius 1 is 1.21 bits per heavy atom. The van der Waals surface area contributed by atoms with Crippen LogP contribution in [0, 0.1) is 0 Å². The molecule has 0 aliphatic heterocycles. The number of likely N-dealkylation sites (N-methyl/N-ethyl adjacent to an activating group) is 1. The molecular weight excluding hydrogens is 344 g/mol. The van der Waals surface area contributed by atoms with E-state index in [1.54, 1.807) is 25.9 Å². The van der Waals surface area contributed by atoms with Crippen molar-refractivity contribution >= 4 is 29.3 Å². The average Bonchev–Trinajstić information content (AvgIpc) is 2.60. The highest BCUT2D eigenvalue weighted by atomic mass is 35.5. The summed E-state index contributed by atoms with van der Waals surface area (Å²) in [6.07, 6.45) is 1.07. The van der Waals surface area contributed by atoms with Crippen LogP contribution in [0.3, 0.4) is 0 Å². The second-order valence-corrected chi connectivity index (χ2v) is 6.98. The molecule has 7 heteroatoms. The summed E-state index contributed by atoms with van der Waals surface area (Å²) in [6.45, 7) is 4.55. The summed E-state index contributed by atoms with van der Waals surface area (Å²) >= 11 is 7.68. The van der Waals surface area contributed by atoms with E-state index in [9.17, 15) is 0 Å². The van der Waals surface area contributed by atoms with Crippen molar-refractivity contribution in [3.63, 3.8) is 0 Å². The van der Waals surface area contributed by atoms with E-state index in [0.717, 1.165) is 55.9 Å². The minimum Gasteiger partial charge on any atom is -0.383 e. The number of halogens is 1. The molecule has 0 aliphatic carbocycles. The Morgan fingerprint density at radius 3 is 2.58 bits per heavy atom. The molecule has 0 bridgehead atoms. The number of methoxy groups -OCH3 is 1. The zero-order valence-electron chi connectivity index (χ0n) is 14.8. The van der Waals surface area contributed by atoms with Gasteiger partial charge in [0.15, 0.2) is 5.96 Å². The largest absolute Gasteiger partial charge is 0.383 e. The topological polar surface area (TPSA) is 48.9 Å². The van der Waals surface area contributed by atoms with Crippen molar-refractivity contribution in [2.45, 2.75) is 11.3 Å². The Balaban J connectivity index is 2.09. The fourth-order valence-electron chi connectivity index (χ4n) is 2.00. The second-order valence-electron chi connectivity index (χ2n) is 5.38. The molecule has 0 fully saturated rings. The fourth-order valence-corrected chi connectivity index (χ4v) is 2.90. The van der Waals surface area contributed by atoms with E-state index in [0.29, 0.717) is 0 Å². The maximum atomic E-state index is 5.88. The number of guanidine groups is 1. The minimum atomic E-state index is 0.773. The van der Waals surface area contributed by atoms with Gasteiger partial charge in [0.05, 0.1) is 6.61 Å². The van der Waals surface area contributed by atoms with Gasteiger partial charge in [0.25, 0.3) is 0 Å². The molecule has 1 rings (SSSR count). The highest BCUT2D eigenvalue weighted by Crippen LogP contribution is 2.19. The third kappa shape index (κ3) is 10.0. The predicted molar refractivity (Wildman–Crippen MR) is 106 cm³/mol. The van der Waals surface area contributed by atoms with Crippen molar-refractivity contribution < 1.29 is 4.74 Å². The number of aliphatic imine (C=N–C) groups is 1. The predicted octanol–water partition coefficient (Wildman–Crippen LogP) is 2.57. The normalized spacial score (nSPS) is 11.8. The van der Waals surface area contributed by atoms with Crippen LogP contribution in [0.25, 0.3) is 0 Å². The molecule has 1 aromatic carbocycles. The fraction of sp³-hybridized carbons (Fsp3) is 0.588. The van der Waals surface area contributed by atoms with Crippen LogP contribution in [-0.2, 0) is 4.74 Å². The molecule has 0 heterocycles. The number of thioether (sulfide) groups is 1. The first-order valence-electron chi connectivity index (χ1n) is 8.16. The van der Waals surface area contributed by atoms with Gasteiger partial charge >= 0.3 is 0 Å². The molecule has 2 N–H and O–H groups in total. The molecule has 0 unspecified atom stereocenters. The molecule has 0 aliphatic rings. The first-order valence-corrected chi connectivity index (χ1v) is 9.52. The first kappa shape index (κ1) is 21.1. The Morgan fingerprint density at radius 2 is 1.92 bits per heavy atom. The third-order valence-corrected chi connectivity index (χ3v) is 4.65. The van der Waals surface area contributed by atoms with Crippen LogP contribution in [0.5, 0.6) is 0 Å². The smallest absolute Gasteiger partial charge is 0.191 e. The molecule has 0 saturated carbocycles. The molecule has 0 spiro atoms. The summed E-state index contributed by atoms with van der Waals surface area (Å²) in [6, 6.07) is 7.92. The molecule has 136 valence electrons. The van der Waals surface area contributed by atoms with Crippen LogP contribution in [0.1, 0.15) is 6.42 Å².